The average Bonchev–Trinajstić information content (AvgIpc) is 2.75. The van der Waals surface area contributed by atoms with Gasteiger partial charge in [0.15, 0.2) is 0 Å². The highest BCUT2D eigenvalue weighted by Crippen LogP contribution is 2.41. The van der Waals surface area contributed by atoms with E-state index in [9.17, 15) is 0 Å². The van der Waals surface area contributed by atoms with Gasteiger partial charge < -0.3 is 9.47 Å². The molecular formula is C13H16Cl2O2. The molecule has 1 saturated heterocycles. The Labute approximate surface area is 112 Å². The molecule has 0 radical (unpaired) electrons. The number of alkyl halides is 1. The summed E-state index contributed by atoms with van der Waals surface area (Å²) in [7, 11) is 1.64. The molecule has 0 N–H and O–H groups in total. The monoisotopic (exact) mass is 274 g/mol. The molecule has 3 atom stereocenters. The highest BCUT2D eigenvalue weighted by molar-refractivity contribution is 6.31. The molecule has 1 aliphatic rings. The van der Waals surface area contributed by atoms with Crippen LogP contribution in [0.1, 0.15) is 24.3 Å². The van der Waals surface area contributed by atoms with Gasteiger partial charge in [-0.15, -0.1) is 11.6 Å². The van der Waals surface area contributed by atoms with Gasteiger partial charge in [-0.2, -0.15) is 0 Å². The zero-order valence-corrected chi connectivity index (χ0v) is 11.5. The van der Waals surface area contributed by atoms with Crippen molar-refractivity contribution in [1.82, 2.24) is 0 Å². The zero-order chi connectivity index (χ0) is 12.4. The van der Waals surface area contributed by atoms with Crippen molar-refractivity contribution in [3.8, 4) is 5.75 Å². The maximum atomic E-state index is 6.52. The summed E-state index contributed by atoms with van der Waals surface area (Å²) < 4.78 is 10.9. The molecule has 0 amide bonds. The highest BCUT2D eigenvalue weighted by atomic mass is 35.5. The van der Waals surface area contributed by atoms with Crippen LogP contribution >= 0.6 is 23.2 Å². The van der Waals surface area contributed by atoms with Gasteiger partial charge in [0.05, 0.1) is 25.2 Å². The van der Waals surface area contributed by atoms with Crippen LogP contribution < -0.4 is 4.74 Å². The molecule has 0 aliphatic carbocycles. The van der Waals surface area contributed by atoms with Gasteiger partial charge in [-0.05, 0) is 31.5 Å². The van der Waals surface area contributed by atoms with Crippen LogP contribution in [-0.2, 0) is 4.74 Å². The third-order valence-electron chi connectivity index (χ3n) is 3.13. The van der Waals surface area contributed by atoms with Gasteiger partial charge in [0.1, 0.15) is 5.75 Å². The molecule has 3 unspecified atom stereocenters. The van der Waals surface area contributed by atoms with E-state index in [1.54, 1.807) is 13.2 Å². The Hall–Kier alpha value is -0.440. The topological polar surface area (TPSA) is 18.5 Å². The third-order valence-corrected chi connectivity index (χ3v) is 3.96. The number of halogens is 2. The number of ether oxygens (including phenoxy) is 2. The second-order valence-electron chi connectivity index (χ2n) is 4.43. The van der Waals surface area contributed by atoms with E-state index in [2.05, 4.69) is 6.92 Å². The minimum atomic E-state index is -0.117. The Morgan fingerprint density at radius 1 is 1.47 bits per heavy atom. The molecule has 1 heterocycles. The summed E-state index contributed by atoms with van der Waals surface area (Å²) in [6.45, 7) is 2.77. The van der Waals surface area contributed by atoms with Crippen LogP contribution in [-0.4, -0.2) is 19.8 Å². The first-order chi connectivity index (χ1) is 8.11. The Morgan fingerprint density at radius 2 is 2.24 bits per heavy atom. The summed E-state index contributed by atoms with van der Waals surface area (Å²) in [6, 6.07) is 5.54. The van der Waals surface area contributed by atoms with E-state index >= 15 is 0 Å². The standard InChI is InChI=1S/C13H16Cl2O2/c1-8-5-9(7-17-8)13(15)11-6-10(14)3-4-12(11)16-2/h3-4,6,8-9,13H,5,7H2,1-2H3. The molecule has 4 heteroatoms. The fraction of sp³-hybridized carbons (Fsp3) is 0.538. The molecule has 0 bridgehead atoms. The van der Waals surface area contributed by atoms with E-state index in [4.69, 9.17) is 32.7 Å². The molecule has 1 aliphatic heterocycles. The van der Waals surface area contributed by atoms with E-state index in [0.717, 1.165) is 17.7 Å². The van der Waals surface area contributed by atoms with Crippen LogP contribution in [0.4, 0.5) is 0 Å². The van der Waals surface area contributed by atoms with E-state index in [0.29, 0.717) is 17.5 Å². The van der Waals surface area contributed by atoms with Crippen LogP contribution in [0.15, 0.2) is 18.2 Å². The van der Waals surface area contributed by atoms with E-state index in [1.165, 1.54) is 0 Å². The Balaban J connectivity index is 2.23. The molecule has 1 aromatic rings. The number of hydrogen-bond donors (Lipinski definition) is 0. The molecule has 94 valence electrons. The molecular weight excluding hydrogens is 259 g/mol. The quantitative estimate of drug-likeness (QED) is 0.775. The predicted octanol–water partition coefficient (Wildman–Crippen LogP) is 4.05. The first-order valence-corrected chi connectivity index (χ1v) is 6.52. The summed E-state index contributed by atoms with van der Waals surface area (Å²) in [6.07, 6.45) is 1.26. The van der Waals surface area contributed by atoms with Gasteiger partial charge >= 0.3 is 0 Å². The molecule has 1 aromatic carbocycles. The molecule has 0 aromatic heterocycles. The van der Waals surface area contributed by atoms with Crippen molar-refractivity contribution in [3.05, 3.63) is 28.8 Å². The SMILES string of the molecule is COc1ccc(Cl)cc1C(Cl)C1COC(C)C1. The normalized spacial score (nSPS) is 25.9. The summed E-state index contributed by atoms with van der Waals surface area (Å²) in [5, 5.41) is 0.562. The maximum Gasteiger partial charge on any atom is 0.123 e. The Morgan fingerprint density at radius 3 is 2.82 bits per heavy atom. The highest BCUT2D eigenvalue weighted by Gasteiger charge is 2.31. The minimum absolute atomic E-state index is 0.117. The van der Waals surface area contributed by atoms with Gasteiger partial charge in [-0.25, -0.2) is 0 Å². The summed E-state index contributed by atoms with van der Waals surface area (Å²) in [4.78, 5) is 0. The lowest BCUT2D eigenvalue weighted by atomic mass is 9.96. The Bertz CT molecular complexity index is 395. The first-order valence-electron chi connectivity index (χ1n) is 5.71. The molecule has 0 saturated carbocycles. The van der Waals surface area contributed by atoms with Crippen LogP contribution in [0.3, 0.4) is 0 Å². The van der Waals surface area contributed by atoms with Crippen molar-refractivity contribution >= 4 is 23.2 Å². The number of rotatable bonds is 3. The van der Waals surface area contributed by atoms with Crippen molar-refractivity contribution < 1.29 is 9.47 Å². The van der Waals surface area contributed by atoms with E-state index in [-0.39, 0.29) is 11.5 Å². The number of hydrogen-bond acceptors (Lipinski definition) is 2. The van der Waals surface area contributed by atoms with Gasteiger partial charge in [0.25, 0.3) is 0 Å². The van der Waals surface area contributed by atoms with Crippen molar-refractivity contribution in [1.29, 1.82) is 0 Å². The smallest absolute Gasteiger partial charge is 0.123 e. The van der Waals surface area contributed by atoms with Gasteiger partial charge in [0.2, 0.25) is 0 Å². The van der Waals surface area contributed by atoms with Crippen LogP contribution in [0.25, 0.3) is 0 Å². The molecule has 1 fully saturated rings. The first kappa shape index (κ1) is 13.0. The van der Waals surface area contributed by atoms with Crippen LogP contribution in [0, 0.1) is 5.92 Å². The Kier molecular flexibility index (Phi) is 4.18. The summed E-state index contributed by atoms with van der Waals surface area (Å²) in [5.41, 5.74) is 0.948. The van der Waals surface area contributed by atoms with Crippen molar-refractivity contribution in [3.63, 3.8) is 0 Å². The number of benzene rings is 1. The minimum Gasteiger partial charge on any atom is -0.496 e. The molecule has 17 heavy (non-hydrogen) atoms. The second kappa shape index (κ2) is 5.47. The lowest BCUT2D eigenvalue weighted by molar-refractivity contribution is 0.119. The van der Waals surface area contributed by atoms with Gasteiger partial charge in [-0.3, -0.25) is 0 Å². The largest absolute Gasteiger partial charge is 0.496 e. The fourth-order valence-electron chi connectivity index (χ4n) is 2.23. The number of methoxy groups -OCH3 is 1. The van der Waals surface area contributed by atoms with Crippen LogP contribution in [0.5, 0.6) is 5.75 Å². The van der Waals surface area contributed by atoms with Crippen LogP contribution in [0.2, 0.25) is 5.02 Å². The summed E-state index contributed by atoms with van der Waals surface area (Å²) >= 11 is 12.5. The third kappa shape index (κ3) is 2.87. The van der Waals surface area contributed by atoms with Gasteiger partial charge in [0, 0.05) is 16.5 Å². The predicted molar refractivity (Wildman–Crippen MR) is 70.1 cm³/mol. The second-order valence-corrected chi connectivity index (χ2v) is 5.33. The van der Waals surface area contributed by atoms with Gasteiger partial charge in [-0.1, -0.05) is 11.6 Å². The lowest BCUT2D eigenvalue weighted by Crippen LogP contribution is -2.09. The summed E-state index contributed by atoms with van der Waals surface area (Å²) in [5.74, 6) is 1.10. The lowest BCUT2D eigenvalue weighted by Gasteiger charge is -2.19. The van der Waals surface area contributed by atoms with E-state index < -0.39 is 0 Å². The maximum absolute atomic E-state index is 6.52. The molecule has 2 rings (SSSR count). The van der Waals surface area contributed by atoms with Crippen molar-refractivity contribution in [2.45, 2.75) is 24.8 Å². The zero-order valence-electron chi connectivity index (χ0n) is 9.95. The average molecular weight is 275 g/mol. The van der Waals surface area contributed by atoms with Crippen molar-refractivity contribution in [2.24, 2.45) is 5.92 Å². The van der Waals surface area contributed by atoms with Crippen molar-refractivity contribution in [2.75, 3.05) is 13.7 Å². The fourth-order valence-corrected chi connectivity index (χ4v) is 2.76. The molecule has 0 spiro atoms. The molecule has 2 nitrogen and oxygen atoms in total. The van der Waals surface area contributed by atoms with E-state index in [1.807, 2.05) is 12.1 Å².